The average Bonchev–Trinajstić information content (AvgIpc) is 0.941. The van der Waals surface area contributed by atoms with Crippen molar-refractivity contribution in [2.24, 2.45) is 23.7 Å². The Balaban J connectivity index is 5.27. The Morgan fingerprint density at radius 3 is 0.710 bits per heavy atom. The molecule has 0 bridgehead atoms. The van der Waals surface area contributed by atoms with E-state index < -0.39 is 97.5 Å². The lowest BCUT2D eigenvalue weighted by molar-refractivity contribution is -0.161. The predicted molar refractivity (Wildman–Crippen MR) is 409 cm³/mol. The maximum absolute atomic E-state index is 13.1. The van der Waals surface area contributed by atoms with Crippen LogP contribution in [0.1, 0.15) is 415 Å². The number of phosphoric acid groups is 2. The van der Waals surface area contributed by atoms with E-state index in [1.165, 1.54) is 218 Å². The fraction of sp³-hybridized carbons (Fsp3) is 0.951. The van der Waals surface area contributed by atoms with Gasteiger partial charge in [0.15, 0.2) is 12.2 Å². The Kier molecular flexibility index (Phi) is 68.7. The van der Waals surface area contributed by atoms with Gasteiger partial charge in [0.2, 0.25) is 0 Å². The fourth-order valence-electron chi connectivity index (χ4n) is 12.4. The molecule has 0 aliphatic heterocycles. The second-order valence-corrected chi connectivity index (χ2v) is 33.7. The van der Waals surface area contributed by atoms with Crippen LogP contribution in [0.15, 0.2) is 0 Å². The Labute approximate surface area is 613 Å². The molecule has 0 aromatic rings. The molecule has 0 aliphatic rings. The number of hydrogen-bond donors (Lipinski definition) is 3. The first-order valence-electron chi connectivity index (χ1n) is 41.7. The van der Waals surface area contributed by atoms with Crippen LogP contribution in [0.3, 0.4) is 0 Å². The van der Waals surface area contributed by atoms with Crippen LogP contribution in [0.4, 0.5) is 0 Å². The number of rotatable bonds is 78. The normalized spacial score (nSPS) is 14.3. The second kappa shape index (κ2) is 70.1. The van der Waals surface area contributed by atoms with Crippen LogP contribution in [0.2, 0.25) is 0 Å². The van der Waals surface area contributed by atoms with Crippen molar-refractivity contribution in [3.63, 3.8) is 0 Å². The number of hydrogen-bond acceptors (Lipinski definition) is 15. The Morgan fingerprint density at radius 2 is 0.480 bits per heavy atom. The SMILES string of the molecule is CCC(C)CCCCCCCCCCC(=O)OC[C@H](COP(=O)(O)OC[C@H](O)COP(=O)(O)OC[C@@H](COC(=O)CCCCCCCCCCCCCCCCC(C)C)OC(=O)CCCCCCCCCCCCCCCCC(C)C)OC(=O)CCCCCCCCCCCCCC(C)C. The minimum absolute atomic E-state index is 0.106. The summed E-state index contributed by atoms with van der Waals surface area (Å²) in [6.45, 7) is 14.3. The van der Waals surface area contributed by atoms with E-state index >= 15 is 0 Å². The third-order valence-corrected chi connectivity index (χ3v) is 21.1. The number of esters is 4. The van der Waals surface area contributed by atoms with Gasteiger partial charge in [0.1, 0.15) is 19.3 Å². The highest BCUT2D eigenvalue weighted by atomic mass is 31.2. The number of carbonyl (C=O) groups excluding carboxylic acids is 4. The summed E-state index contributed by atoms with van der Waals surface area (Å²) in [7, 11) is -9.92. The monoisotopic (exact) mass is 1470 g/mol. The van der Waals surface area contributed by atoms with Crippen molar-refractivity contribution in [1.82, 2.24) is 0 Å². The summed E-state index contributed by atoms with van der Waals surface area (Å²) in [6, 6.07) is 0. The van der Waals surface area contributed by atoms with Crippen molar-refractivity contribution < 1.29 is 80.2 Å². The molecule has 0 fully saturated rings. The van der Waals surface area contributed by atoms with Crippen LogP contribution in [-0.2, 0) is 65.4 Å². The van der Waals surface area contributed by atoms with E-state index in [9.17, 15) is 43.2 Å². The van der Waals surface area contributed by atoms with Crippen molar-refractivity contribution in [3.8, 4) is 0 Å². The molecule has 0 amide bonds. The first kappa shape index (κ1) is 98.1. The van der Waals surface area contributed by atoms with Gasteiger partial charge in [-0.25, -0.2) is 9.13 Å². The van der Waals surface area contributed by atoms with E-state index in [-0.39, 0.29) is 25.7 Å². The molecule has 0 radical (unpaired) electrons. The Morgan fingerprint density at radius 1 is 0.280 bits per heavy atom. The Bertz CT molecular complexity index is 1960. The van der Waals surface area contributed by atoms with Crippen LogP contribution in [0.5, 0.6) is 0 Å². The molecule has 17 nitrogen and oxygen atoms in total. The zero-order valence-electron chi connectivity index (χ0n) is 65.8. The molecule has 100 heavy (non-hydrogen) atoms. The van der Waals surface area contributed by atoms with E-state index in [0.29, 0.717) is 25.7 Å². The number of ether oxygens (including phenoxy) is 4. The molecule has 594 valence electrons. The summed E-state index contributed by atoms with van der Waals surface area (Å²) in [5, 5.41) is 10.6. The lowest BCUT2D eigenvalue weighted by Gasteiger charge is -2.21. The molecule has 3 N–H and O–H groups in total. The number of phosphoric ester groups is 2. The van der Waals surface area contributed by atoms with Crippen LogP contribution in [-0.4, -0.2) is 96.7 Å². The first-order chi connectivity index (χ1) is 48.1. The van der Waals surface area contributed by atoms with Crippen molar-refractivity contribution in [2.45, 2.75) is 433 Å². The van der Waals surface area contributed by atoms with Crippen LogP contribution in [0.25, 0.3) is 0 Å². The standard InChI is InChI=1S/C81H158O17P2/c1-9-74(8)60-52-44-36-31-32-38-46-54-62-79(84)92-68-77(98-81(86)64-56-48-40-30-24-18-21-27-35-43-51-59-73(6)7)70-96-100(89,90)94-66-75(82)65-93-99(87,88)95-69-76(97-80(85)63-55-47-39-29-23-17-13-11-15-20-26-34-42-50-58-72(4)5)67-91-78(83)61-53-45-37-28-22-16-12-10-14-19-25-33-41-49-57-71(2)3/h71-77,82H,9-70H2,1-8H3,(H,87,88)(H,89,90)/t74?,75-,76-,77-/m1/s1. The lowest BCUT2D eigenvalue weighted by atomic mass is 9.99. The largest absolute Gasteiger partial charge is 0.472 e. The Hall–Kier alpha value is -1.94. The van der Waals surface area contributed by atoms with Gasteiger partial charge < -0.3 is 33.8 Å². The highest BCUT2D eigenvalue weighted by Gasteiger charge is 2.30. The smallest absolute Gasteiger partial charge is 0.462 e. The zero-order valence-corrected chi connectivity index (χ0v) is 67.6. The van der Waals surface area contributed by atoms with Crippen molar-refractivity contribution in [3.05, 3.63) is 0 Å². The summed E-state index contributed by atoms with van der Waals surface area (Å²) in [6.07, 6.45) is 56.7. The molecule has 0 saturated carbocycles. The molecule has 19 heteroatoms. The molecule has 0 aromatic carbocycles. The highest BCUT2D eigenvalue weighted by molar-refractivity contribution is 7.47. The molecule has 0 aromatic heterocycles. The number of unbranched alkanes of at least 4 members (excludes halogenated alkanes) is 43. The van der Waals surface area contributed by atoms with Gasteiger partial charge >= 0.3 is 39.5 Å². The molecule has 0 heterocycles. The van der Waals surface area contributed by atoms with Crippen molar-refractivity contribution in [1.29, 1.82) is 0 Å². The number of aliphatic hydroxyl groups excluding tert-OH is 1. The van der Waals surface area contributed by atoms with E-state index in [0.717, 1.165) is 114 Å². The van der Waals surface area contributed by atoms with Gasteiger partial charge in [0, 0.05) is 25.7 Å². The van der Waals surface area contributed by atoms with Crippen molar-refractivity contribution in [2.75, 3.05) is 39.6 Å². The number of carbonyl (C=O) groups is 4. The van der Waals surface area contributed by atoms with E-state index in [1.54, 1.807) is 0 Å². The van der Waals surface area contributed by atoms with Gasteiger partial charge in [0.25, 0.3) is 0 Å². The van der Waals surface area contributed by atoms with Crippen LogP contribution >= 0.6 is 15.6 Å². The van der Waals surface area contributed by atoms with E-state index in [2.05, 4.69) is 55.4 Å². The van der Waals surface area contributed by atoms with Gasteiger partial charge in [-0.1, -0.05) is 364 Å². The second-order valence-electron chi connectivity index (χ2n) is 30.8. The molecule has 6 atom stereocenters. The van der Waals surface area contributed by atoms with Crippen molar-refractivity contribution >= 4 is 39.5 Å². The van der Waals surface area contributed by atoms with Crippen LogP contribution < -0.4 is 0 Å². The molecule has 0 saturated heterocycles. The van der Waals surface area contributed by atoms with E-state index in [4.69, 9.17) is 37.0 Å². The maximum Gasteiger partial charge on any atom is 0.472 e. The minimum Gasteiger partial charge on any atom is -0.462 e. The van der Waals surface area contributed by atoms with E-state index in [1.807, 2.05) is 0 Å². The summed E-state index contributed by atoms with van der Waals surface area (Å²) in [4.78, 5) is 73.1. The molecular formula is C81H158O17P2. The molecular weight excluding hydrogens is 1310 g/mol. The lowest BCUT2D eigenvalue weighted by Crippen LogP contribution is -2.30. The molecule has 3 unspecified atom stereocenters. The quantitative estimate of drug-likeness (QED) is 0.0222. The average molecular weight is 1470 g/mol. The van der Waals surface area contributed by atoms with Crippen LogP contribution in [0, 0.1) is 23.7 Å². The third kappa shape index (κ3) is 73.0. The highest BCUT2D eigenvalue weighted by Crippen LogP contribution is 2.45. The van der Waals surface area contributed by atoms with Gasteiger partial charge in [-0.15, -0.1) is 0 Å². The topological polar surface area (TPSA) is 237 Å². The van der Waals surface area contributed by atoms with Gasteiger partial charge in [-0.05, 0) is 49.4 Å². The predicted octanol–water partition coefficient (Wildman–Crippen LogP) is 24.0. The fourth-order valence-corrected chi connectivity index (χ4v) is 14.0. The molecule has 0 spiro atoms. The summed E-state index contributed by atoms with van der Waals surface area (Å²) < 4.78 is 68.8. The third-order valence-electron chi connectivity index (χ3n) is 19.2. The molecule has 0 rings (SSSR count). The van der Waals surface area contributed by atoms with Gasteiger partial charge in [-0.2, -0.15) is 0 Å². The molecule has 0 aliphatic carbocycles. The first-order valence-corrected chi connectivity index (χ1v) is 44.7. The summed E-state index contributed by atoms with van der Waals surface area (Å²) in [5.41, 5.74) is 0. The maximum atomic E-state index is 13.1. The summed E-state index contributed by atoms with van der Waals surface area (Å²) >= 11 is 0. The van der Waals surface area contributed by atoms with Gasteiger partial charge in [-0.3, -0.25) is 37.3 Å². The minimum atomic E-state index is -4.96. The summed E-state index contributed by atoms with van der Waals surface area (Å²) in [5.74, 6) is 1.02. The number of aliphatic hydroxyl groups is 1. The van der Waals surface area contributed by atoms with Gasteiger partial charge in [0.05, 0.1) is 26.4 Å². The zero-order chi connectivity index (χ0) is 73.8.